The number of rotatable bonds is 4. The normalized spacial score (nSPS) is 11.7. The lowest BCUT2D eigenvalue weighted by atomic mass is 10.1. The van der Waals surface area contributed by atoms with Crippen LogP contribution in [0.2, 0.25) is 0 Å². The molecular weight excluding hydrogens is 335 g/mol. The van der Waals surface area contributed by atoms with Crippen molar-refractivity contribution in [2.45, 2.75) is 19.1 Å². The van der Waals surface area contributed by atoms with E-state index in [4.69, 9.17) is 5.73 Å². The number of alkyl halides is 3. The highest BCUT2D eigenvalue weighted by molar-refractivity contribution is 7.12. The number of halogens is 3. The summed E-state index contributed by atoms with van der Waals surface area (Å²) in [6.45, 7) is 0.324. The van der Waals surface area contributed by atoms with Crippen molar-refractivity contribution in [3.63, 3.8) is 0 Å². The van der Waals surface area contributed by atoms with Crippen molar-refractivity contribution in [2.24, 2.45) is 5.73 Å². The van der Waals surface area contributed by atoms with Crippen molar-refractivity contribution < 1.29 is 13.2 Å². The summed E-state index contributed by atoms with van der Waals surface area (Å²) in [6, 6.07) is 9.00. The van der Waals surface area contributed by atoms with Crippen LogP contribution in [0, 0.1) is 0 Å². The molecule has 0 atom stereocenters. The number of aromatic nitrogens is 2. The van der Waals surface area contributed by atoms with Gasteiger partial charge < -0.3 is 5.73 Å². The van der Waals surface area contributed by atoms with Gasteiger partial charge in [-0.3, -0.25) is 4.98 Å². The summed E-state index contributed by atoms with van der Waals surface area (Å²) >= 11 is 1.42. The van der Waals surface area contributed by atoms with Crippen molar-refractivity contribution in [1.29, 1.82) is 0 Å². The fraction of sp³-hybridized carbons (Fsp3) is 0.176. The van der Waals surface area contributed by atoms with Crippen molar-refractivity contribution in [1.82, 2.24) is 9.97 Å². The summed E-state index contributed by atoms with van der Waals surface area (Å²) < 4.78 is 38.4. The second kappa shape index (κ2) is 6.70. The number of hydrogen-bond acceptors (Lipinski definition) is 4. The first-order valence-electron chi connectivity index (χ1n) is 7.22. The van der Waals surface area contributed by atoms with Crippen molar-refractivity contribution in [2.75, 3.05) is 0 Å². The molecule has 3 rings (SSSR count). The molecule has 3 nitrogen and oxygen atoms in total. The van der Waals surface area contributed by atoms with E-state index in [1.54, 1.807) is 24.5 Å². The summed E-state index contributed by atoms with van der Waals surface area (Å²) in [5.41, 5.74) is 7.30. The van der Waals surface area contributed by atoms with Crippen LogP contribution in [0.4, 0.5) is 13.2 Å². The third-order valence-electron chi connectivity index (χ3n) is 3.47. The van der Waals surface area contributed by atoms with Crippen LogP contribution in [-0.4, -0.2) is 9.97 Å². The molecule has 0 bridgehead atoms. The molecule has 2 heterocycles. The Morgan fingerprint density at radius 1 is 1.12 bits per heavy atom. The molecule has 3 aromatic rings. The third-order valence-corrected chi connectivity index (χ3v) is 4.55. The molecular formula is C17H14F3N3S. The van der Waals surface area contributed by atoms with Gasteiger partial charge in [0.2, 0.25) is 0 Å². The molecule has 1 aromatic carbocycles. The van der Waals surface area contributed by atoms with Gasteiger partial charge in [-0.25, -0.2) is 4.98 Å². The maximum atomic E-state index is 12.8. The highest BCUT2D eigenvalue weighted by atomic mass is 32.1. The predicted octanol–water partition coefficient (Wildman–Crippen LogP) is 4.27. The molecule has 0 aliphatic heterocycles. The van der Waals surface area contributed by atoms with Crippen LogP contribution in [0.1, 0.15) is 21.0 Å². The first-order valence-corrected chi connectivity index (χ1v) is 8.04. The van der Waals surface area contributed by atoms with Gasteiger partial charge in [0, 0.05) is 35.8 Å². The van der Waals surface area contributed by atoms with Gasteiger partial charge in [-0.1, -0.05) is 18.2 Å². The predicted molar refractivity (Wildman–Crippen MR) is 87.5 cm³/mol. The van der Waals surface area contributed by atoms with E-state index in [2.05, 4.69) is 9.97 Å². The van der Waals surface area contributed by atoms with Gasteiger partial charge in [-0.2, -0.15) is 13.2 Å². The van der Waals surface area contributed by atoms with E-state index in [0.717, 1.165) is 33.3 Å². The van der Waals surface area contributed by atoms with Crippen molar-refractivity contribution in [3.8, 4) is 11.3 Å². The molecule has 7 heteroatoms. The SMILES string of the molecule is NCc1sc(Cc2cccc(C(F)(F)F)c2)nc1-c1cccnc1. The van der Waals surface area contributed by atoms with Crippen LogP contribution in [0.5, 0.6) is 0 Å². The average molecular weight is 349 g/mol. The molecule has 0 aliphatic rings. The number of nitrogens with two attached hydrogens (primary N) is 1. The highest BCUT2D eigenvalue weighted by Gasteiger charge is 2.30. The molecule has 0 saturated carbocycles. The van der Waals surface area contributed by atoms with E-state index in [-0.39, 0.29) is 0 Å². The smallest absolute Gasteiger partial charge is 0.326 e. The Hall–Kier alpha value is -2.25. The largest absolute Gasteiger partial charge is 0.416 e. The summed E-state index contributed by atoms with van der Waals surface area (Å²) in [6.07, 6.45) is -0.645. The maximum absolute atomic E-state index is 12.8. The summed E-state index contributed by atoms with van der Waals surface area (Å²) in [5.74, 6) is 0. The molecule has 0 unspecified atom stereocenters. The quantitative estimate of drug-likeness (QED) is 0.765. The Kier molecular flexibility index (Phi) is 4.64. The minimum absolute atomic E-state index is 0.324. The van der Waals surface area contributed by atoms with E-state index in [9.17, 15) is 13.2 Å². The molecule has 2 N–H and O–H groups in total. The number of nitrogens with zero attached hydrogens (tertiary/aromatic N) is 2. The molecule has 124 valence electrons. The lowest BCUT2D eigenvalue weighted by Crippen LogP contribution is -2.05. The van der Waals surface area contributed by atoms with E-state index in [0.29, 0.717) is 18.5 Å². The van der Waals surface area contributed by atoms with Crippen LogP contribution >= 0.6 is 11.3 Å². The molecule has 0 radical (unpaired) electrons. The Morgan fingerprint density at radius 3 is 2.62 bits per heavy atom. The number of benzene rings is 1. The fourth-order valence-electron chi connectivity index (χ4n) is 2.37. The average Bonchev–Trinajstić information content (AvgIpc) is 2.98. The Bertz CT molecular complexity index is 829. The maximum Gasteiger partial charge on any atom is 0.416 e. The molecule has 0 fully saturated rings. The van der Waals surface area contributed by atoms with Gasteiger partial charge in [0.1, 0.15) is 0 Å². The summed E-state index contributed by atoms with van der Waals surface area (Å²) in [5, 5.41) is 0.730. The topological polar surface area (TPSA) is 51.8 Å². The monoisotopic (exact) mass is 349 g/mol. The van der Waals surface area contributed by atoms with E-state index in [1.165, 1.54) is 17.4 Å². The standard InChI is InChI=1S/C17H14F3N3S/c18-17(19,20)13-5-1-3-11(7-13)8-15-23-16(14(9-21)24-15)12-4-2-6-22-10-12/h1-7,10H,8-9,21H2. The van der Waals surface area contributed by atoms with Crippen LogP contribution in [0.25, 0.3) is 11.3 Å². The highest BCUT2D eigenvalue weighted by Crippen LogP contribution is 2.32. The van der Waals surface area contributed by atoms with Gasteiger partial charge in [-0.15, -0.1) is 11.3 Å². The third kappa shape index (κ3) is 3.63. The van der Waals surface area contributed by atoms with Crippen LogP contribution in [0.15, 0.2) is 48.8 Å². The number of pyridine rings is 1. The lowest BCUT2D eigenvalue weighted by Gasteiger charge is -2.07. The first kappa shape index (κ1) is 16.6. The van der Waals surface area contributed by atoms with Gasteiger partial charge in [-0.05, 0) is 23.8 Å². The summed E-state index contributed by atoms with van der Waals surface area (Å²) in [7, 11) is 0. The minimum Gasteiger partial charge on any atom is -0.326 e. The molecule has 0 aliphatic carbocycles. The Morgan fingerprint density at radius 2 is 1.96 bits per heavy atom. The second-order valence-electron chi connectivity index (χ2n) is 5.20. The van der Waals surface area contributed by atoms with Crippen molar-refractivity contribution in [3.05, 3.63) is 69.8 Å². The van der Waals surface area contributed by atoms with E-state index < -0.39 is 11.7 Å². The zero-order valence-electron chi connectivity index (χ0n) is 12.5. The number of thiazole rings is 1. The lowest BCUT2D eigenvalue weighted by molar-refractivity contribution is -0.137. The van der Waals surface area contributed by atoms with Gasteiger partial charge >= 0.3 is 6.18 Å². The Balaban J connectivity index is 1.90. The summed E-state index contributed by atoms with van der Waals surface area (Å²) in [4.78, 5) is 9.52. The zero-order chi connectivity index (χ0) is 17.2. The fourth-order valence-corrected chi connectivity index (χ4v) is 3.38. The van der Waals surface area contributed by atoms with E-state index in [1.807, 2.05) is 6.07 Å². The van der Waals surface area contributed by atoms with Gasteiger partial charge in [0.15, 0.2) is 0 Å². The van der Waals surface area contributed by atoms with Crippen LogP contribution in [0.3, 0.4) is 0 Å². The Labute approximate surface area is 141 Å². The van der Waals surface area contributed by atoms with Crippen LogP contribution in [-0.2, 0) is 19.1 Å². The zero-order valence-corrected chi connectivity index (χ0v) is 13.4. The van der Waals surface area contributed by atoms with Crippen molar-refractivity contribution >= 4 is 11.3 Å². The van der Waals surface area contributed by atoms with Gasteiger partial charge in [0.05, 0.1) is 16.3 Å². The molecule has 2 aromatic heterocycles. The number of hydrogen-bond donors (Lipinski definition) is 1. The minimum atomic E-state index is -4.35. The van der Waals surface area contributed by atoms with Gasteiger partial charge in [0.25, 0.3) is 0 Å². The second-order valence-corrected chi connectivity index (χ2v) is 6.37. The molecule has 24 heavy (non-hydrogen) atoms. The first-order chi connectivity index (χ1) is 11.5. The molecule has 0 saturated heterocycles. The molecule has 0 amide bonds. The van der Waals surface area contributed by atoms with E-state index >= 15 is 0 Å². The molecule has 0 spiro atoms. The van der Waals surface area contributed by atoms with Crippen LogP contribution < -0.4 is 5.73 Å².